The molecule has 3 heteroatoms. The fourth-order valence-electron chi connectivity index (χ4n) is 0.701. The Bertz CT molecular complexity index is 126. The van der Waals surface area contributed by atoms with Crippen molar-refractivity contribution < 1.29 is 9.47 Å². The molecule has 0 aromatic rings. The molecule has 0 fully saturated rings. The van der Waals surface area contributed by atoms with Crippen molar-refractivity contribution >= 4 is 0 Å². The molecular formula is C9H19NO2. The van der Waals surface area contributed by atoms with Crippen LogP contribution >= 0.6 is 0 Å². The first-order chi connectivity index (χ1) is 5.68. The van der Waals surface area contributed by atoms with E-state index in [0.717, 1.165) is 12.0 Å². The first-order valence-electron chi connectivity index (χ1n) is 4.16. The summed E-state index contributed by atoms with van der Waals surface area (Å²) in [4.78, 5) is 0. The summed E-state index contributed by atoms with van der Waals surface area (Å²) in [5.74, 6) is 0. The molecule has 0 aromatic carbocycles. The van der Waals surface area contributed by atoms with Gasteiger partial charge in [-0.3, -0.25) is 0 Å². The van der Waals surface area contributed by atoms with Crippen LogP contribution in [-0.4, -0.2) is 33.0 Å². The highest BCUT2D eigenvalue weighted by Crippen LogP contribution is 1.99. The predicted molar refractivity (Wildman–Crippen MR) is 50.1 cm³/mol. The Morgan fingerprint density at radius 1 is 1.42 bits per heavy atom. The summed E-state index contributed by atoms with van der Waals surface area (Å²) in [6.07, 6.45) is 0.832. The van der Waals surface area contributed by atoms with Gasteiger partial charge in [0, 0.05) is 19.8 Å². The molecule has 3 nitrogen and oxygen atoms in total. The van der Waals surface area contributed by atoms with Gasteiger partial charge in [0.1, 0.15) is 0 Å². The van der Waals surface area contributed by atoms with E-state index in [1.165, 1.54) is 0 Å². The molecule has 1 atom stereocenters. The van der Waals surface area contributed by atoms with Crippen LogP contribution in [0.25, 0.3) is 0 Å². The van der Waals surface area contributed by atoms with Crippen molar-refractivity contribution in [3.05, 3.63) is 12.2 Å². The number of hydrogen-bond acceptors (Lipinski definition) is 3. The summed E-state index contributed by atoms with van der Waals surface area (Å²) >= 11 is 0. The Morgan fingerprint density at radius 3 is 2.58 bits per heavy atom. The highest BCUT2D eigenvalue weighted by atomic mass is 16.5. The molecule has 0 aliphatic carbocycles. The molecule has 72 valence electrons. The summed E-state index contributed by atoms with van der Waals surface area (Å²) < 4.78 is 10.1. The molecule has 0 aliphatic heterocycles. The summed E-state index contributed by atoms with van der Waals surface area (Å²) in [5.41, 5.74) is 6.73. The van der Waals surface area contributed by atoms with Crippen molar-refractivity contribution in [2.75, 3.05) is 26.9 Å². The normalized spacial score (nSPS) is 12.9. The predicted octanol–water partition coefficient (Wildman–Crippen LogP) is 0.943. The van der Waals surface area contributed by atoms with Gasteiger partial charge in [-0.2, -0.15) is 0 Å². The van der Waals surface area contributed by atoms with Gasteiger partial charge in [0.05, 0.1) is 13.2 Å². The van der Waals surface area contributed by atoms with E-state index >= 15 is 0 Å². The van der Waals surface area contributed by atoms with Crippen LogP contribution in [0, 0.1) is 0 Å². The average molecular weight is 173 g/mol. The van der Waals surface area contributed by atoms with E-state index in [4.69, 9.17) is 15.2 Å². The van der Waals surface area contributed by atoms with Gasteiger partial charge in [-0.1, -0.05) is 12.2 Å². The zero-order chi connectivity index (χ0) is 9.40. The molecule has 0 radical (unpaired) electrons. The molecule has 1 unspecified atom stereocenters. The third kappa shape index (κ3) is 6.34. The van der Waals surface area contributed by atoms with Crippen LogP contribution in [0.15, 0.2) is 12.2 Å². The molecule has 0 heterocycles. The van der Waals surface area contributed by atoms with E-state index in [9.17, 15) is 0 Å². The minimum Gasteiger partial charge on any atom is -0.382 e. The zero-order valence-corrected chi connectivity index (χ0v) is 8.01. The van der Waals surface area contributed by atoms with Gasteiger partial charge in [-0.15, -0.1) is 0 Å². The minimum absolute atomic E-state index is 0.0625. The second-order valence-corrected chi connectivity index (χ2v) is 2.85. The Balaban J connectivity index is 3.14. The molecule has 0 aromatic heterocycles. The molecular weight excluding hydrogens is 154 g/mol. The largest absolute Gasteiger partial charge is 0.382 e. The van der Waals surface area contributed by atoms with Crippen LogP contribution in [0.1, 0.15) is 13.3 Å². The van der Waals surface area contributed by atoms with Crippen molar-refractivity contribution in [2.45, 2.75) is 19.4 Å². The number of rotatable bonds is 7. The lowest BCUT2D eigenvalue weighted by Crippen LogP contribution is -2.23. The van der Waals surface area contributed by atoms with Crippen molar-refractivity contribution in [3.63, 3.8) is 0 Å². The van der Waals surface area contributed by atoms with Gasteiger partial charge in [0.15, 0.2) is 0 Å². The number of hydrogen-bond donors (Lipinski definition) is 1. The fraction of sp³-hybridized carbons (Fsp3) is 0.778. The van der Waals surface area contributed by atoms with Crippen LogP contribution in [0.5, 0.6) is 0 Å². The maximum atomic E-state index is 5.72. The van der Waals surface area contributed by atoms with Crippen molar-refractivity contribution in [2.24, 2.45) is 5.73 Å². The summed E-state index contributed by atoms with van der Waals surface area (Å²) in [7, 11) is 1.66. The van der Waals surface area contributed by atoms with Crippen molar-refractivity contribution in [1.82, 2.24) is 0 Å². The van der Waals surface area contributed by atoms with E-state index in [-0.39, 0.29) is 6.04 Å². The maximum Gasteiger partial charge on any atom is 0.0700 e. The van der Waals surface area contributed by atoms with Gasteiger partial charge in [0.2, 0.25) is 0 Å². The molecule has 0 amide bonds. The highest BCUT2D eigenvalue weighted by molar-refractivity contribution is 4.99. The Kier molecular flexibility index (Phi) is 7.05. The standard InChI is InChI=1S/C9H19NO2/c1-8(2)9(10)4-5-12-7-6-11-3/h9H,1,4-7,10H2,2-3H3. The van der Waals surface area contributed by atoms with Gasteiger partial charge in [0.25, 0.3) is 0 Å². The second kappa shape index (κ2) is 7.28. The van der Waals surface area contributed by atoms with Gasteiger partial charge < -0.3 is 15.2 Å². The Labute approximate surface area is 74.5 Å². The zero-order valence-electron chi connectivity index (χ0n) is 8.01. The molecule has 0 spiro atoms. The Morgan fingerprint density at radius 2 is 2.08 bits per heavy atom. The minimum atomic E-state index is 0.0625. The summed E-state index contributed by atoms with van der Waals surface area (Å²) in [6, 6.07) is 0.0625. The third-order valence-electron chi connectivity index (χ3n) is 1.64. The lowest BCUT2D eigenvalue weighted by molar-refractivity contribution is 0.0682. The SMILES string of the molecule is C=C(C)C(N)CCOCCOC. The monoisotopic (exact) mass is 173 g/mol. The highest BCUT2D eigenvalue weighted by Gasteiger charge is 2.01. The number of ether oxygens (including phenoxy) is 2. The number of methoxy groups -OCH3 is 1. The third-order valence-corrected chi connectivity index (χ3v) is 1.64. The van der Waals surface area contributed by atoms with Crippen LogP contribution in [0.4, 0.5) is 0 Å². The summed E-state index contributed by atoms with van der Waals surface area (Å²) in [5, 5.41) is 0. The van der Waals surface area contributed by atoms with E-state index in [1.54, 1.807) is 7.11 Å². The van der Waals surface area contributed by atoms with Crippen LogP contribution in [0.2, 0.25) is 0 Å². The molecule has 0 saturated heterocycles. The molecule has 0 aliphatic rings. The fourth-order valence-corrected chi connectivity index (χ4v) is 0.701. The van der Waals surface area contributed by atoms with E-state index in [2.05, 4.69) is 6.58 Å². The average Bonchev–Trinajstić information content (AvgIpc) is 2.03. The molecule has 0 saturated carbocycles. The molecule has 2 N–H and O–H groups in total. The van der Waals surface area contributed by atoms with Crippen LogP contribution in [-0.2, 0) is 9.47 Å². The molecule has 12 heavy (non-hydrogen) atoms. The maximum absolute atomic E-state index is 5.72. The lowest BCUT2D eigenvalue weighted by atomic mass is 10.1. The first kappa shape index (κ1) is 11.6. The number of nitrogens with two attached hydrogens (primary N) is 1. The molecule has 0 rings (SSSR count). The van der Waals surface area contributed by atoms with E-state index in [1.807, 2.05) is 6.92 Å². The second-order valence-electron chi connectivity index (χ2n) is 2.85. The summed E-state index contributed by atoms with van der Waals surface area (Å²) in [6.45, 7) is 7.65. The quantitative estimate of drug-likeness (QED) is 0.460. The van der Waals surface area contributed by atoms with Crippen LogP contribution in [0.3, 0.4) is 0 Å². The van der Waals surface area contributed by atoms with Gasteiger partial charge >= 0.3 is 0 Å². The van der Waals surface area contributed by atoms with Gasteiger partial charge in [-0.05, 0) is 13.3 Å². The van der Waals surface area contributed by atoms with Crippen LogP contribution < -0.4 is 5.73 Å². The van der Waals surface area contributed by atoms with E-state index in [0.29, 0.717) is 19.8 Å². The van der Waals surface area contributed by atoms with Gasteiger partial charge in [-0.25, -0.2) is 0 Å². The Hall–Kier alpha value is -0.380. The first-order valence-corrected chi connectivity index (χ1v) is 4.16. The smallest absolute Gasteiger partial charge is 0.0700 e. The molecule has 0 bridgehead atoms. The topological polar surface area (TPSA) is 44.5 Å². The van der Waals surface area contributed by atoms with Crippen molar-refractivity contribution in [3.8, 4) is 0 Å². The van der Waals surface area contributed by atoms with E-state index < -0.39 is 0 Å². The lowest BCUT2D eigenvalue weighted by Gasteiger charge is -2.10. The van der Waals surface area contributed by atoms with Crippen molar-refractivity contribution in [1.29, 1.82) is 0 Å².